The van der Waals surface area contributed by atoms with Crippen molar-refractivity contribution < 1.29 is 22.7 Å². The molecule has 1 atom stereocenters. The molecule has 4 nitrogen and oxygen atoms in total. The van der Waals surface area contributed by atoms with E-state index in [-0.39, 0.29) is 23.8 Å². The second-order valence-electron chi connectivity index (χ2n) is 5.20. The molecule has 1 aliphatic rings. The van der Waals surface area contributed by atoms with Crippen molar-refractivity contribution in [3.63, 3.8) is 0 Å². The second-order valence-corrected chi connectivity index (χ2v) is 5.20. The quantitative estimate of drug-likeness (QED) is 0.897. The molecule has 1 unspecified atom stereocenters. The lowest BCUT2D eigenvalue weighted by Gasteiger charge is -2.23. The number of hydrogen-bond acceptors (Lipinski definition) is 3. The van der Waals surface area contributed by atoms with E-state index in [4.69, 9.17) is 0 Å². The van der Waals surface area contributed by atoms with Gasteiger partial charge in [0.15, 0.2) is 0 Å². The third-order valence-corrected chi connectivity index (χ3v) is 3.51. The van der Waals surface area contributed by atoms with Crippen LogP contribution in [0.15, 0.2) is 24.3 Å². The minimum atomic E-state index is -4.75. The summed E-state index contributed by atoms with van der Waals surface area (Å²) >= 11 is 0. The number of nitrogens with one attached hydrogen (secondary N) is 2. The van der Waals surface area contributed by atoms with Crippen molar-refractivity contribution in [2.45, 2.75) is 38.2 Å². The zero-order chi connectivity index (χ0) is 15.5. The summed E-state index contributed by atoms with van der Waals surface area (Å²) in [6.07, 6.45) is -3.14. The van der Waals surface area contributed by atoms with Gasteiger partial charge in [0.25, 0.3) is 0 Å². The van der Waals surface area contributed by atoms with E-state index in [9.17, 15) is 18.0 Å². The van der Waals surface area contributed by atoms with Gasteiger partial charge in [-0.1, -0.05) is 18.2 Å². The highest BCUT2D eigenvalue weighted by atomic mass is 19.4. The normalized spacial score (nSPS) is 22.1. The van der Waals surface area contributed by atoms with Gasteiger partial charge in [-0.15, -0.1) is 13.2 Å². The van der Waals surface area contributed by atoms with Gasteiger partial charge >= 0.3 is 6.36 Å². The van der Waals surface area contributed by atoms with Crippen LogP contribution in [-0.4, -0.2) is 24.4 Å². The number of benzene rings is 1. The number of hydrogen-bond donors (Lipinski definition) is 2. The molecule has 1 amide bonds. The zero-order valence-corrected chi connectivity index (χ0v) is 11.6. The van der Waals surface area contributed by atoms with Crippen LogP contribution in [0, 0.1) is 0 Å². The molecule has 2 rings (SSSR count). The third kappa shape index (κ3) is 4.10. The Bertz CT molecular complexity index is 511. The lowest BCUT2D eigenvalue weighted by molar-refractivity contribution is -0.274. The molecule has 1 aromatic rings. The number of rotatable bonds is 4. The van der Waals surface area contributed by atoms with Crippen LogP contribution in [0.1, 0.15) is 25.3 Å². The van der Waals surface area contributed by atoms with Gasteiger partial charge in [-0.25, -0.2) is 0 Å². The van der Waals surface area contributed by atoms with E-state index >= 15 is 0 Å². The van der Waals surface area contributed by atoms with Gasteiger partial charge in [0.2, 0.25) is 5.91 Å². The number of alkyl halides is 3. The first-order chi connectivity index (χ1) is 9.80. The van der Waals surface area contributed by atoms with Gasteiger partial charge < -0.3 is 15.4 Å². The fourth-order valence-corrected chi connectivity index (χ4v) is 2.33. The van der Waals surface area contributed by atoms with E-state index < -0.39 is 11.9 Å². The number of para-hydroxylation sites is 1. The summed E-state index contributed by atoms with van der Waals surface area (Å²) in [4.78, 5) is 12.1. The Balaban J connectivity index is 2.01. The maximum Gasteiger partial charge on any atom is 0.573 e. The highest BCUT2D eigenvalue weighted by Crippen LogP contribution is 2.26. The number of halogens is 3. The maximum atomic E-state index is 12.3. The molecule has 0 radical (unpaired) electrons. The van der Waals surface area contributed by atoms with Crippen LogP contribution in [0.5, 0.6) is 5.75 Å². The van der Waals surface area contributed by atoms with Crippen LogP contribution in [-0.2, 0) is 11.3 Å². The Morgan fingerprint density at radius 2 is 2.14 bits per heavy atom. The monoisotopic (exact) mass is 302 g/mol. The highest BCUT2D eigenvalue weighted by Gasteiger charge is 2.36. The topological polar surface area (TPSA) is 50.4 Å². The molecule has 0 aliphatic carbocycles. The van der Waals surface area contributed by atoms with E-state index in [1.54, 1.807) is 13.0 Å². The van der Waals surface area contributed by atoms with E-state index in [1.807, 2.05) is 0 Å². The van der Waals surface area contributed by atoms with Crippen molar-refractivity contribution in [1.29, 1.82) is 0 Å². The smallest absolute Gasteiger partial charge is 0.405 e. The lowest BCUT2D eigenvalue weighted by Crippen LogP contribution is -2.50. The predicted molar refractivity (Wildman–Crippen MR) is 70.6 cm³/mol. The third-order valence-electron chi connectivity index (χ3n) is 3.51. The van der Waals surface area contributed by atoms with Crippen LogP contribution in [0.4, 0.5) is 13.2 Å². The summed E-state index contributed by atoms with van der Waals surface area (Å²) in [5.74, 6) is -0.517. The SMILES string of the molecule is CC1(C(=O)NCc2ccccc2OC(F)(F)F)CCCN1. The summed E-state index contributed by atoms with van der Waals surface area (Å²) < 4.78 is 40.9. The summed E-state index contributed by atoms with van der Waals surface area (Å²) in [6.45, 7) is 2.54. The molecular weight excluding hydrogens is 285 g/mol. The molecule has 1 aliphatic heterocycles. The molecule has 2 N–H and O–H groups in total. The molecule has 7 heteroatoms. The summed E-state index contributed by atoms with van der Waals surface area (Å²) in [6, 6.07) is 5.77. The molecule has 0 saturated carbocycles. The average molecular weight is 302 g/mol. The molecule has 116 valence electrons. The fraction of sp³-hybridized carbons (Fsp3) is 0.500. The van der Waals surface area contributed by atoms with Crippen molar-refractivity contribution in [1.82, 2.24) is 10.6 Å². The van der Waals surface area contributed by atoms with Gasteiger partial charge in [0.05, 0.1) is 5.54 Å². The molecule has 1 heterocycles. The van der Waals surface area contributed by atoms with Gasteiger partial charge in [0.1, 0.15) is 5.75 Å². The lowest BCUT2D eigenvalue weighted by atomic mass is 9.99. The van der Waals surface area contributed by atoms with E-state index in [2.05, 4.69) is 15.4 Å². The molecular formula is C14H17F3N2O2. The number of ether oxygens (including phenoxy) is 1. The Morgan fingerprint density at radius 3 is 2.76 bits per heavy atom. The van der Waals surface area contributed by atoms with Crippen molar-refractivity contribution in [3.05, 3.63) is 29.8 Å². The number of amides is 1. The largest absolute Gasteiger partial charge is 0.573 e. The first-order valence-electron chi connectivity index (χ1n) is 6.67. The Morgan fingerprint density at radius 1 is 1.43 bits per heavy atom. The molecule has 21 heavy (non-hydrogen) atoms. The van der Waals surface area contributed by atoms with Gasteiger partial charge in [0, 0.05) is 12.1 Å². The van der Waals surface area contributed by atoms with E-state index in [1.165, 1.54) is 18.2 Å². The minimum absolute atomic E-state index is 0.0116. The zero-order valence-electron chi connectivity index (χ0n) is 11.6. The van der Waals surface area contributed by atoms with Crippen molar-refractivity contribution in [2.75, 3.05) is 6.54 Å². The predicted octanol–water partition coefficient (Wildman–Crippen LogP) is 2.34. The van der Waals surface area contributed by atoms with Gasteiger partial charge in [-0.2, -0.15) is 0 Å². The number of carbonyl (C=O) groups is 1. The van der Waals surface area contributed by atoms with Crippen LogP contribution in [0.2, 0.25) is 0 Å². The molecule has 0 aromatic heterocycles. The molecule has 0 spiro atoms. The van der Waals surface area contributed by atoms with Crippen LogP contribution >= 0.6 is 0 Å². The second kappa shape index (κ2) is 5.93. The Kier molecular flexibility index (Phi) is 4.41. The Hall–Kier alpha value is -1.76. The molecule has 1 fully saturated rings. The summed E-state index contributed by atoms with van der Waals surface area (Å²) in [5.41, 5.74) is -0.371. The first kappa shape index (κ1) is 15.6. The van der Waals surface area contributed by atoms with Crippen LogP contribution < -0.4 is 15.4 Å². The molecule has 1 saturated heterocycles. The molecule has 1 aromatic carbocycles. The summed E-state index contributed by atoms with van der Waals surface area (Å²) in [7, 11) is 0. The van der Waals surface area contributed by atoms with E-state index in [0.29, 0.717) is 6.42 Å². The van der Waals surface area contributed by atoms with Crippen molar-refractivity contribution in [3.8, 4) is 5.75 Å². The van der Waals surface area contributed by atoms with Crippen LogP contribution in [0.25, 0.3) is 0 Å². The van der Waals surface area contributed by atoms with E-state index in [0.717, 1.165) is 13.0 Å². The fourth-order valence-electron chi connectivity index (χ4n) is 2.33. The van der Waals surface area contributed by atoms with Gasteiger partial charge in [-0.3, -0.25) is 4.79 Å². The van der Waals surface area contributed by atoms with Crippen molar-refractivity contribution in [2.24, 2.45) is 0 Å². The van der Waals surface area contributed by atoms with Crippen molar-refractivity contribution >= 4 is 5.91 Å². The highest BCUT2D eigenvalue weighted by molar-refractivity contribution is 5.86. The van der Waals surface area contributed by atoms with Crippen LogP contribution in [0.3, 0.4) is 0 Å². The van der Waals surface area contributed by atoms with Gasteiger partial charge in [-0.05, 0) is 32.4 Å². The maximum absolute atomic E-state index is 12.3. The standard InChI is InChI=1S/C14H17F3N2O2/c1-13(7-4-8-19-13)12(20)18-9-10-5-2-3-6-11(10)21-14(15,16)17/h2-3,5-6,19H,4,7-9H2,1H3,(H,18,20). The molecule has 0 bridgehead atoms. The summed E-state index contributed by atoms with van der Waals surface area (Å²) in [5, 5.41) is 5.76. The Labute approximate surface area is 120 Å². The number of carbonyl (C=O) groups excluding carboxylic acids is 1. The average Bonchev–Trinajstić information content (AvgIpc) is 2.84. The minimum Gasteiger partial charge on any atom is -0.405 e. The first-order valence-corrected chi connectivity index (χ1v) is 6.67.